The fourth-order valence-corrected chi connectivity index (χ4v) is 2.00. The van der Waals surface area contributed by atoms with Crippen LogP contribution in [0, 0.1) is 11.8 Å². The molecule has 2 rings (SSSR count). The van der Waals surface area contributed by atoms with Gasteiger partial charge in [0.1, 0.15) is 0 Å². The van der Waals surface area contributed by atoms with Crippen LogP contribution in [0.25, 0.3) is 0 Å². The van der Waals surface area contributed by atoms with E-state index < -0.39 is 0 Å². The summed E-state index contributed by atoms with van der Waals surface area (Å²) >= 11 is 0. The van der Waals surface area contributed by atoms with E-state index in [4.69, 9.17) is 0 Å². The van der Waals surface area contributed by atoms with Crippen molar-refractivity contribution < 1.29 is 4.79 Å². The molecule has 2 fully saturated rings. The number of carbonyl (C=O) groups is 1. The summed E-state index contributed by atoms with van der Waals surface area (Å²) in [5.74, 6) is 1.37. The largest absolute Gasteiger partial charge is 0.356 e. The zero-order valence-electron chi connectivity index (χ0n) is 8.96. The maximum Gasteiger partial charge on any atom is 0.223 e. The van der Waals surface area contributed by atoms with Crippen LogP contribution in [-0.2, 0) is 4.79 Å². The third-order valence-electron chi connectivity index (χ3n) is 3.35. The van der Waals surface area contributed by atoms with Gasteiger partial charge in [-0.1, -0.05) is 0 Å². The number of piperidine rings is 1. The van der Waals surface area contributed by atoms with Gasteiger partial charge in [-0.25, -0.2) is 0 Å². The highest BCUT2D eigenvalue weighted by Crippen LogP contribution is 2.28. The van der Waals surface area contributed by atoms with Gasteiger partial charge in [0.2, 0.25) is 5.91 Å². The van der Waals surface area contributed by atoms with Gasteiger partial charge >= 0.3 is 0 Å². The van der Waals surface area contributed by atoms with Gasteiger partial charge in [-0.05, 0) is 51.7 Å². The molecule has 1 saturated heterocycles. The highest BCUT2D eigenvalue weighted by molar-refractivity contribution is 5.80. The van der Waals surface area contributed by atoms with Gasteiger partial charge in [0.25, 0.3) is 0 Å². The second-order valence-electron chi connectivity index (χ2n) is 4.77. The Hall–Kier alpha value is -0.570. The van der Waals surface area contributed by atoms with Crippen molar-refractivity contribution in [2.45, 2.75) is 25.7 Å². The summed E-state index contributed by atoms with van der Waals surface area (Å²) < 4.78 is 0. The van der Waals surface area contributed by atoms with E-state index in [1.54, 1.807) is 0 Å². The average molecular weight is 196 g/mol. The minimum absolute atomic E-state index is 0.295. The van der Waals surface area contributed by atoms with E-state index in [9.17, 15) is 4.79 Å². The molecule has 0 aromatic carbocycles. The molecular weight excluding hydrogens is 176 g/mol. The maximum absolute atomic E-state index is 11.4. The number of carbonyl (C=O) groups excluding carboxylic acids is 1. The Bertz CT molecular complexity index is 205. The van der Waals surface area contributed by atoms with Crippen LogP contribution < -0.4 is 5.32 Å². The van der Waals surface area contributed by atoms with Crippen molar-refractivity contribution in [3.63, 3.8) is 0 Å². The smallest absolute Gasteiger partial charge is 0.223 e. The number of likely N-dealkylation sites (tertiary alicyclic amines) is 1. The van der Waals surface area contributed by atoms with Crippen molar-refractivity contribution >= 4 is 5.91 Å². The van der Waals surface area contributed by atoms with Crippen LogP contribution >= 0.6 is 0 Å². The molecule has 0 spiro atoms. The Morgan fingerprint density at radius 2 is 1.93 bits per heavy atom. The van der Waals surface area contributed by atoms with Gasteiger partial charge in [-0.3, -0.25) is 4.79 Å². The van der Waals surface area contributed by atoms with Crippen LogP contribution in [-0.4, -0.2) is 37.5 Å². The summed E-state index contributed by atoms with van der Waals surface area (Å²) in [4.78, 5) is 13.8. The number of hydrogen-bond acceptors (Lipinski definition) is 2. The van der Waals surface area contributed by atoms with E-state index in [-0.39, 0.29) is 0 Å². The Morgan fingerprint density at radius 1 is 1.29 bits per heavy atom. The molecule has 0 aromatic heterocycles. The first kappa shape index (κ1) is 9.97. The van der Waals surface area contributed by atoms with E-state index in [1.165, 1.54) is 25.9 Å². The van der Waals surface area contributed by atoms with E-state index in [0.717, 1.165) is 19.4 Å². The highest BCUT2D eigenvalue weighted by Gasteiger charge is 2.29. The number of rotatable bonds is 3. The van der Waals surface area contributed by atoms with Crippen LogP contribution in [0.4, 0.5) is 0 Å². The molecule has 1 amide bonds. The number of hydrogen-bond donors (Lipinski definition) is 1. The number of nitrogens with zero attached hydrogens (tertiary/aromatic N) is 1. The topological polar surface area (TPSA) is 32.3 Å². The summed E-state index contributed by atoms with van der Waals surface area (Å²) in [6.07, 6.45) is 4.70. The van der Waals surface area contributed by atoms with Crippen molar-refractivity contribution in [1.82, 2.24) is 10.2 Å². The molecule has 0 radical (unpaired) electrons. The van der Waals surface area contributed by atoms with E-state index in [0.29, 0.717) is 17.7 Å². The summed E-state index contributed by atoms with van der Waals surface area (Å²) in [5, 5.41) is 3.07. The third kappa shape index (κ3) is 2.71. The molecule has 0 aromatic rings. The Balaban J connectivity index is 1.62. The summed E-state index contributed by atoms with van der Waals surface area (Å²) in [6, 6.07) is 0. The molecule has 80 valence electrons. The van der Waals surface area contributed by atoms with Gasteiger partial charge in [-0.2, -0.15) is 0 Å². The SMILES string of the molecule is CN1CCC(CNC(=O)C2CC2)CC1. The fraction of sp³-hybridized carbons (Fsp3) is 0.909. The zero-order chi connectivity index (χ0) is 9.97. The molecule has 2 aliphatic rings. The van der Waals surface area contributed by atoms with Crippen LogP contribution in [0.5, 0.6) is 0 Å². The molecule has 1 saturated carbocycles. The van der Waals surface area contributed by atoms with E-state index >= 15 is 0 Å². The van der Waals surface area contributed by atoms with Gasteiger partial charge in [0, 0.05) is 12.5 Å². The minimum atomic E-state index is 0.295. The monoisotopic (exact) mass is 196 g/mol. The minimum Gasteiger partial charge on any atom is -0.356 e. The average Bonchev–Trinajstić information content (AvgIpc) is 3.00. The van der Waals surface area contributed by atoms with Gasteiger partial charge in [0.05, 0.1) is 0 Å². The van der Waals surface area contributed by atoms with Crippen molar-refractivity contribution in [3.05, 3.63) is 0 Å². The Labute approximate surface area is 85.8 Å². The summed E-state index contributed by atoms with van der Waals surface area (Å²) in [6.45, 7) is 3.27. The van der Waals surface area contributed by atoms with Crippen LogP contribution in [0.2, 0.25) is 0 Å². The van der Waals surface area contributed by atoms with Gasteiger partial charge < -0.3 is 10.2 Å². The molecular formula is C11H20N2O. The lowest BCUT2D eigenvalue weighted by molar-refractivity contribution is -0.122. The third-order valence-corrected chi connectivity index (χ3v) is 3.35. The van der Waals surface area contributed by atoms with Crippen LogP contribution in [0.15, 0.2) is 0 Å². The Morgan fingerprint density at radius 3 is 2.50 bits per heavy atom. The molecule has 14 heavy (non-hydrogen) atoms. The maximum atomic E-state index is 11.4. The molecule has 1 heterocycles. The second kappa shape index (κ2) is 4.30. The number of nitrogens with one attached hydrogen (secondary N) is 1. The van der Waals surface area contributed by atoms with E-state index in [1.807, 2.05) is 0 Å². The number of amides is 1. The zero-order valence-corrected chi connectivity index (χ0v) is 8.96. The first-order valence-electron chi connectivity index (χ1n) is 5.72. The van der Waals surface area contributed by atoms with Crippen molar-refractivity contribution in [2.24, 2.45) is 11.8 Å². The van der Waals surface area contributed by atoms with Crippen molar-refractivity contribution in [2.75, 3.05) is 26.7 Å². The van der Waals surface area contributed by atoms with Crippen LogP contribution in [0.1, 0.15) is 25.7 Å². The molecule has 0 atom stereocenters. The molecule has 1 aliphatic carbocycles. The Kier molecular flexibility index (Phi) is 3.06. The lowest BCUT2D eigenvalue weighted by Gasteiger charge is -2.28. The van der Waals surface area contributed by atoms with Crippen molar-refractivity contribution in [3.8, 4) is 0 Å². The normalized spacial score (nSPS) is 24.9. The van der Waals surface area contributed by atoms with Gasteiger partial charge in [0.15, 0.2) is 0 Å². The molecule has 3 heteroatoms. The molecule has 3 nitrogen and oxygen atoms in total. The first-order valence-corrected chi connectivity index (χ1v) is 5.72. The molecule has 0 unspecified atom stereocenters. The molecule has 1 N–H and O–H groups in total. The summed E-state index contributed by atoms with van der Waals surface area (Å²) in [5.41, 5.74) is 0. The quantitative estimate of drug-likeness (QED) is 0.726. The fourth-order valence-electron chi connectivity index (χ4n) is 2.00. The lowest BCUT2D eigenvalue weighted by atomic mass is 9.97. The predicted octanol–water partition coefficient (Wildman–Crippen LogP) is 0.854. The standard InChI is InChI=1S/C11H20N2O/c1-13-6-4-9(5-7-13)8-12-11(14)10-2-3-10/h9-10H,2-8H2,1H3,(H,12,14). The predicted molar refractivity (Wildman–Crippen MR) is 56.0 cm³/mol. The van der Waals surface area contributed by atoms with Crippen molar-refractivity contribution in [1.29, 1.82) is 0 Å². The van der Waals surface area contributed by atoms with E-state index in [2.05, 4.69) is 17.3 Å². The first-order chi connectivity index (χ1) is 6.75. The van der Waals surface area contributed by atoms with Crippen LogP contribution in [0.3, 0.4) is 0 Å². The molecule has 1 aliphatic heterocycles. The molecule has 0 bridgehead atoms. The second-order valence-corrected chi connectivity index (χ2v) is 4.77. The lowest BCUT2D eigenvalue weighted by Crippen LogP contribution is -2.37. The van der Waals surface area contributed by atoms with Gasteiger partial charge in [-0.15, -0.1) is 0 Å². The summed E-state index contributed by atoms with van der Waals surface area (Å²) in [7, 11) is 2.17. The highest BCUT2D eigenvalue weighted by atomic mass is 16.2.